The van der Waals surface area contributed by atoms with Crippen LogP contribution in [0.4, 0.5) is 0 Å². The molecule has 3 rings (SSSR count). The molecule has 0 aliphatic carbocycles. The van der Waals surface area contributed by atoms with Crippen LogP contribution in [0.15, 0.2) is 70.3 Å². The Labute approximate surface area is 159 Å². The van der Waals surface area contributed by atoms with Gasteiger partial charge in [0, 0.05) is 12.1 Å². The van der Waals surface area contributed by atoms with Crippen LogP contribution in [-0.4, -0.2) is 24.6 Å². The summed E-state index contributed by atoms with van der Waals surface area (Å²) in [6.45, 7) is 3.93. The lowest BCUT2D eigenvalue weighted by Gasteiger charge is -2.10. The molecule has 1 aromatic heterocycles. The third-order valence-electron chi connectivity index (χ3n) is 3.93. The van der Waals surface area contributed by atoms with Crippen molar-refractivity contribution in [2.45, 2.75) is 20.0 Å². The molecule has 0 bridgehead atoms. The van der Waals surface area contributed by atoms with E-state index in [0.29, 0.717) is 19.0 Å². The van der Waals surface area contributed by atoms with E-state index in [-0.39, 0.29) is 0 Å². The number of hydrogen-bond donors (Lipinski definition) is 2. The number of nitrogens with one attached hydrogen (secondary N) is 2. The molecule has 3 aromatic rings. The van der Waals surface area contributed by atoms with E-state index in [0.717, 1.165) is 35.1 Å². The summed E-state index contributed by atoms with van der Waals surface area (Å²) in [5.74, 6) is 2.19. The van der Waals surface area contributed by atoms with Gasteiger partial charge in [-0.25, -0.2) is 9.98 Å². The van der Waals surface area contributed by atoms with Gasteiger partial charge in [0.15, 0.2) is 5.96 Å². The Bertz CT molecular complexity index is 857. The summed E-state index contributed by atoms with van der Waals surface area (Å²) in [5.41, 5.74) is 2.90. The second-order valence-electron chi connectivity index (χ2n) is 5.91. The molecule has 2 N–H and O–H groups in total. The molecular formula is C21H24N4O2. The van der Waals surface area contributed by atoms with Gasteiger partial charge in [-0.2, -0.15) is 0 Å². The number of oxazole rings is 1. The highest BCUT2D eigenvalue weighted by Crippen LogP contribution is 2.17. The van der Waals surface area contributed by atoms with Crippen LogP contribution in [0.1, 0.15) is 18.2 Å². The van der Waals surface area contributed by atoms with Gasteiger partial charge in [0.1, 0.15) is 12.0 Å². The van der Waals surface area contributed by atoms with Crippen molar-refractivity contribution in [3.8, 4) is 17.2 Å². The first-order chi connectivity index (χ1) is 13.3. The van der Waals surface area contributed by atoms with Crippen molar-refractivity contribution < 1.29 is 9.15 Å². The highest BCUT2D eigenvalue weighted by molar-refractivity contribution is 5.79. The molecule has 0 radical (unpaired) electrons. The van der Waals surface area contributed by atoms with Crippen molar-refractivity contribution in [2.75, 3.05) is 13.7 Å². The smallest absolute Gasteiger partial charge is 0.226 e. The molecule has 0 aliphatic heterocycles. The number of methoxy groups -OCH3 is 1. The second-order valence-corrected chi connectivity index (χ2v) is 5.91. The lowest BCUT2D eigenvalue weighted by molar-refractivity contribution is 0.414. The van der Waals surface area contributed by atoms with Gasteiger partial charge in [-0.3, -0.25) is 0 Å². The van der Waals surface area contributed by atoms with Crippen molar-refractivity contribution in [3.05, 3.63) is 72.1 Å². The maximum absolute atomic E-state index is 5.57. The van der Waals surface area contributed by atoms with E-state index >= 15 is 0 Å². The molecule has 6 heteroatoms. The summed E-state index contributed by atoms with van der Waals surface area (Å²) < 4.78 is 10.7. The van der Waals surface area contributed by atoms with E-state index in [2.05, 4.69) is 20.6 Å². The Morgan fingerprint density at radius 1 is 1.07 bits per heavy atom. The Balaban J connectivity index is 1.60. The number of rotatable bonds is 7. The summed E-state index contributed by atoms with van der Waals surface area (Å²) in [5, 5.41) is 6.53. The summed E-state index contributed by atoms with van der Waals surface area (Å²) >= 11 is 0. The third-order valence-corrected chi connectivity index (χ3v) is 3.93. The molecule has 0 unspecified atom stereocenters. The first-order valence-corrected chi connectivity index (χ1v) is 8.93. The van der Waals surface area contributed by atoms with Crippen LogP contribution in [0, 0.1) is 0 Å². The minimum absolute atomic E-state index is 0.533. The number of aromatic nitrogens is 1. The molecule has 0 aliphatic rings. The lowest BCUT2D eigenvalue weighted by atomic mass is 10.2. The van der Waals surface area contributed by atoms with Gasteiger partial charge in [0.25, 0.3) is 0 Å². The number of hydrogen-bond acceptors (Lipinski definition) is 4. The van der Waals surface area contributed by atoms with E-state index in [1.165, 1.54) is 0 Å². The third kappa shape index (κ3) is 5.34. The van der Waals surface area contributed by atoms with Crippen molar-refractivity contribution in [1.29, 1.82) is 0 Å². The Hall–Kier alpha value is -3.28. The summed E-state index contributed by atoms with van der Waals surface area (Å²) in [4.78, 5) is 9.14. The first kappa shape index (κ1) is 18.5. The van der Waals surface area contributed by atoms with Crippen LogP contribution >= 0.6 is 0 Å². The Morgan fingerprint density at radius 3 is 2.56 bits per heavy atom. The molecule has 0 spiro atoms. The lowest BCUT2D eigenvalue weighted by Crippen LogP contribution is -2.36. The fourth-order valence-electron chi connectivity index (χ4n) is 2.52. The minimum Gasteiger partial charge on any atom is -0.497 e. The normalized spacial score (nSPS) is 11.3. The van der Waals surface area contributed by atoms with Gasteiger partial charge in [-0.1, -0.05) is 30.3 Å². The molecule has 1 heterocycles. The number of aliphatic imine (C=N–C) groups is 1. The molecule has 0 amide bonds. The largest absolute Gasteiger partial charge is 0.497 e. The predicted octanol–water partition coefficient (Wildman–Crippen LogP) is 3.61. The van der Waals surface area contributed by atoms with E-state index in [9.17, 15) is 0 Å². The van der Waals surface area contributed by atoms with Gasteiger partial charge in [-0.05, 0) is 36.8 Å². The highest BCUT2D eigenvalue weighted by atomic mass is 16.5. The average Bonchev–Trinajstić information content (AvgIpc) is 3.20. The number of benzene rings is 2. The SMILES string of the molecule is CCNC(=NCc1ccc(OC)cc1)NCc1coc(-c2ccccc2)n1. The molecule has 2 aromatic carbocycles. The van der Waals surface area contributed by atoms with Crippen LogP contribution < -0.4 is 15.4 Å². The van der Waals surface area contributed by atoms with Gasteiger partial charge < -0.3 is 19.8 Å². The molecular weight excluding hydrogens is 340 g/mol. The topological polar surface area (TPSA) is 71.7 Å². The van der Waals surface area contributed by atoms with Crippen molar-refractivity contribution in [3.63, 3.8) is 0 Å². The standard InChI is InChI=1S/C21H24N4O2/c1-3-22-21(23-13-16-9-11-19(26-2)12-10-16)24-14-18-15-27-20(25-18)17-7-5-4-6-8-17/h4-12,15H,3,13-14H2,1-2H3,(H2,22,23,24). The summed E-state index contributed by atoms with van der Waals surface area (Å²) in [7, 11) is 1.66. The van der Waals surface area contributed by atoms with Crippen molar-refractivity contribution in [2.24, 2.45) is 4.99 Å². The molecule has 0 fully saturated rings. The maximum Gasteiger partial charge on any atom is 0.226 e. The zero-order valence-corrected chi connectivity index (χ0v) is 15.6. The van der Waals surface area contributed by atoms with Crippen molar-refractivity contribution in [1.82, 2.24) is 15.6 Å². The highest BCUT2D eigenvalue weighted by Gasteiger charge is 2.07. The summed E-state index contributed by atoms with van der Waals surface area (Å²) in [6, 6.07) is 17.7. The second kappa shape index (κ2) is 9.43. The van der Waals surface area contributed by atoms with Gasteiger partial charge in [0.2, 0.25) is 5.89 Å². The van der Waals surface area contributed by atoms with Gasteiger partial charge in [0.05, 0.1) is 25.9 Å². The quantitative estimate of drug-likeness (QED) is 0.495. The number of guanidine groups is 1. The van der Waals surface area contributed by atoms with Crippen LogP contribution in [0.2, 0.25) is 0 Å². The number of ether oxygens (including phenoxy) is 1. The number of nitrogens with zero attached hydrogens (tertiary/aromatic N) is 2. The summed E-state index contributed by atoms with van der Waals surface area (Å²) in [6.07, 6.45) is 1.67. The minimum atomic E-state index is 0.533. The maximum atomic E-state index is 5.57. The van der Waals surface area contributed by atoms with Gasteiger partial charge >= 0.3 is 0 Å². The zero-order chi connectivity index (χ0) is 18.9. The van der Waals surface area contributed by atoms with Crippen LogP contribution in [0.25, 0.3) is 11.5 Å². The Kier molecular flexibility index (Phi) is 6.46. The van der Waals surface area contributed by atoms with Crippen LogP contribution in [-0.2, 0) is 13.1 Å². The monoisotopic (exact) mass is 364 g/mol. The van der Waals surface area contributed by atoms with E-state index in [1.54, 1.807) is 13.4 Å². The molecule has 0 saturated heterocycles. The Morgan fingerprint density at radius 2 is 1.85 bits per heavy atom. The zero-order valence-electron chi connectivity index (χ0n) is 15.6. The molecule has 0 atom stereocenters. The average molecular weight is 364 g/mol. The van der Waals surface area contributed by atoms with Crippen molar-refractivity contribution >= 4 is 5.96 Å². The molecule has 27 heavy (non-hydrogen) atoms. The predicted molar refractivity (Wildman–Crippen MR) is 107 cm³/mol. The fraction of sp³-hybridized carbons (Fsp3) is 0.238. The molecule has 6 nitrogen and oxygen atoms in total. The first-order valence-electron chi connectivity index (χ1n) is 8.93. The van der Waals surface area contributed by atoms with E-state index < -0.39 is 0 Å². The molecule has 140 valence electrons. The molecule has 0 saturated carbocycles. The fourth-order valence-corrected chi connectivity index (χ4v) is 2.52. The van der Waals surface area contributed by atoms with E-state index in [1.807, 2.05) is 61.5 Å². The van der Waals surface area contributed by atoms with Gasteiger partial charge in [-0.15, -0.1) is 0 Å². The van der Waals surface area contributed by atoms with Crippen LogP contribution in [0.5, 0.6) is 5.75 Å². The van der Waals surface area contributed by atoms with Crippen LogP contribution in [0.3, 0.4) is 0 Å². The van der Waals surface area contributed by atoms with E-state index in [4.69, 9.17) is 9.15 Å².